The Morgan fingerprint density at radius 3 is 2.69 bits per heavy atom. The van der Waals surface area contributed by atoms with E-state index in [2.05, 4.69) is 10.5 Å². The van der Waals surface area contributed by atoms with Crippen molar-refractivity contribution in [1.29, 1.82) is 0 Å². The smallest absolute Gasteiger partial charge is 0.338 e. The van der Waals surface area contributed by atoms with E-state index in [0.717, 1.165) is 11.3 Å². The Labute approximate surface area is 201 Å². The maximum Gasteiger partial charge on any atom is 0.338 e. The molecule has 1 unspecified atom stereocenters. The number of anilines is 1. The van der Waals surface area contributed by atoms with Gasteiger partial charge in [0, 0.05) is 7.05 Å². The number of rotatable bonds is 7. The lowest BCUT2D eigenvalue weighted by molar-refractivity contribution is -0.128. The molecule has 0 spiro atoms. The monoisotopic (exact) mass is 479 g/mol. The molecule has 1 atom stereocenters. The SMILES string of the molecule is CNC(=O)C1CN(C(=O)COC(=O)c2cccc(OCc3c(C)noc3C)c2)c2ccccc2O1. The average Bonchev–Trinajstić information content (AvgIpc) is 3.21. The van der Waals surface area contributed by atoms with Crippen LogP contribution in [0.2, 0.25) is 0 Å². The molecular weight excluding hydrogens is 454 g/mol. The lowest BCUT2D eigenvalue weighted by atomic mass is 10.1. The van der Waals surface area contributed by atoms with Crippen LogP contribution in [-0.4, -0.2) is 49.2 Å². The Morgan fingerprint density at radius 2 is 1.94 bits per heavy atom. The summed E-state index contributed by atoms with van der Waals surface area (Å²) in [5.74, 6) is 0.0125. The zero-order valence-corrected chi connectivity index (χ0v) is 19.6. The van der Waals surface area contributed by atoms with E-state index >= 15 is 0 Å². The second kappa shape index (κ2) is 10.3. The number of amides is 2. The minimum atomic E-state index is -0.874. The standard InChI is InChI=1S/C25H25N3O7/c1-15-19(16(2)35-27-15)13-32-18-8-6-7-17(11-18)25(31)33-14-23(29)28-12-22(24(30)26-3)34-21-10-5-4-9-20(21)28/h4-11,22H,12-14H2,1-3H3,(H,26,30). The number of aryl methyl sites for hydroxylation is 2. The number of carbonyl (C=O) groups is 3. The number of fused-ring (bicyclic) bond motifs is 1. The molecule has 2 aromatic carbocycles. The van der Waals surface area contributed by atoms with Gasteiger partial charge in [0.05, 0.1) is 29.1 Å². The molecular formula is C25H25N3O7. The molecule has 4 rings (SSSR count). The number of esters is 1. The number of para-hydroxylation sites is 2. The zero-order chi connectivity index (χ0) is 24.9. The number of hydrogen-bond acceptors (Lipinski definition) is 8. The number of nitrogens with one attached hydrogen (secondary N) is 1. The fraction of sp³-hybridized carbons (Fsp3) is 0.280. The normalized spacial score (nSPS) is 14.5. The molecule has 0 saturated carbocycles. The van der Waals surface area contributed by atoms with Gasteiger partial charge in [-0.2, -0.15) is 0 Å². The largest absolute Gasteiger partial charge is 0.489 e. The third-order valence-electron chi connectivity index (χ3n) is 5.57. The summed E-state index contributed by atoms with van der Waals surface area (Å²) in [5, 5.41) is 6.41. The summed E-state index contributed by atoms with van der Waals surface area (Å²) in [4.78, 5) is 39.1. The Bertz CT molecular complexity index is 1230. The maximum absolute atomic E-state index is 12.9. The summed E-state index contributed by atoms with van der Waals surface area (Å²) in [6, 6.07) is 13.4. The first-order valence-electron chi connectivity index (χ1n) is 11.0. The number of ether oxygens (including phenoxy) is 3. The van der Waals surface area contributed by atoms with E-state index in [-0.39, 0.29) is 24.6 Å². The quantitative estimate of drug-likeness (QED) is 0.514. The van der Waals surface area contributed by atoms with Crippen LogP contribution in [0.4, 0.5) is 5.69 Å². The minimum absolute atomic E-state index is 0.00189. The summed E-state index contributed by atoms with van der Waals surface area (Å²) in [5.41, 5.74) is 2.31. The first kappa shape index (κ1) is 23.8. The van der Waals surface area contributed by atoms with Crippen molar-refractivity contribution in [2.24, 2.45) is 0 Å². The summed E-state index contributed by atoms with van der Waals surface area (Å²) >= 11 is 0. The van der Waals surface area contributed by atoms with Gasteiger partial charge in [-0.25, -0.2) is 4.79 Å². The third-order valence-corrected chi connectivity index (χ3v) is 5.57. The van der Waals surface area contributed by atoms with Crippen LogP contribution in [0.25, 0.3) is 0 Å². The van der Waals surface area contributed by atoms with E-state index in [4.69, 9.17) is 18.7 Å². The van der Waals surface area contributed by atoms with E-state index in [1.165, 1.54) is 18.0 Å². The Balaban J connectivity index is 1.40. The maximum atomic E-state index is 12.9. The van der Waals surface area contributed by atoms with Crippen molar-refractivity contribution in [2.45, 2.75) is 26.6 Å². The van der Waals surface area contributed by atoms with Gasteiger partial charge in [0.15, 0.2) is 12.7 Å². The molecule has 10 nitrogen and oxygen atoms in total. The van der Waals surface area contributed by atoms with Gasteiger partial charge in [0.25, 0.3) is 11.8 Å². The van der Waals surface area contributed by atoms with Crippen molar-refractivity contribution >= 4 is 23.5 Å². The Morgan fingerprint density at radius 1 is 1.14 bits per heavy atom. The van der Waals surface area contributed by atoms with Gasteiger partial charge in [-0.3, -0.25) is 9.59 Å². The molecule has 0 saturated heterocycles. The second-order valence-corrected chi connectivity index (χ2v) is 7.89. The summed E-state index contributed by atoms with van der Waals surface area (Å²) in [6.45, 7) is 3.36. The fourth-order valence-corrected chi connectivity index (χ4v) is 3.63. The summed E-state index contributed by atoms with van der Waals surface area (Å²) in [7, 11) is 1.49. The molecule has 0 aliphatic carbocycles. The lowest BCUT2D eigenvalue weighted by Gasteiger charge is -2.33. The van der Waals surface area contributed by atoms with Crippen LogP contribution in [-0.2, 0) is 20.9 Å². The molecule has 0 fully saturated rings. The van der Waals surface area contributed by atoms with Crippen molar-refractivity contribution in [2.75, 3.05) is 25.1 Å². The molecule has 1 aliphatic rings. The molecule has 0 radical (unpaired) electrons. The number of hydrogen-bond donors (Lipinski definition) is 1. The number of benzene rings is 2. The second-order valence-electron chi connectivity index (χ2n) is 7.89. The number of likely N-dealkylation sites (N-methyl/N-ethyl adjacent to an activating group) is 1. The van der Waals surface area contributed by atoms with Gasteiger partial charge in [-0.05, 0) is 44.2 Å². The van der Waals surface area contributed by atoms with Gasteiger partial charge >= 0.3 is 5.97 Å². The predicted molar refractivity (Wildman–Crippen MR) is 124 cm³/mol. The van der Waals surface area contributed by atoms with Crippen LogP contribution in [0, 0.1) is 13.8 Å². The van der Waals surface area contributed by atoms with Gasteiger partial charge in [-0.15, -0.1) is 0 Å². The molecule has 0 bridgehead atoms. The van der Waals surface area contributed by atoms with Crippen molar-refractivity contribution in [1.82, 2.24) is 10.5 Å². The van der Waals surface area contributed by atoms with E-state index < -0.39 is 24.6 Å². The highest BCUT2D eigenvalue weighted by Gasteiger charge is 2.33. The van der Waals surface area contributed by atoms with Crippen LogP contribution in [0.1, 0.15) is 27.4 Å². The average molecular weight is 479 g/mol. The number of aromatic nitrogens is 1. The molecule has 1 N–H and O–H groups in total. The highest BCUT2D eigenvalue weighted by molar-refractivity contribution is 5.99. The molecule has 35 heavy (non-hydrogen) atoms. The van der Waals surface area contributed by atoms with Crippen LogP contribution in [0.5, 0.6) is 11.5 Å². The fourth-order valence-electron chi connectivity index (χ4n) is 3.63. The number of nitrogens with zero attached hydrogens (tertiary/aromatic N) is 2. The Hall–Kier alpha value is -4.34. The van der Waals surface area contributed by atoms with Gasteiger partial charge in [0.2, 0.25) is 0 Å². The highest BCUT2D eigenvalue weighted by Crippen LogP contribution is 2.33. The topological polar surface area (TPSA) is 120 Å². The molecule has 1 aromatic heterocycles. The van der Waals surface area contributed by atoms with E-state index in [1.54, 1.807) is 49.4 Å². The highest BCUT2D eigenvalue weighted by atomic mass is 16.5. The van der Waals surface area contributed by atoms with Crippen molar-refractivity contribution in [3.63, 3.8) is 0 Å². The first-order valence-corrected chi connectivity index (χ1v) is 11.0. The Kier molecular flexibility index (Phi) is 7.00. The van der Waals surface area contributed by atoms with Gasteiger partial charge in [0.1, 0.15) is 23.9 Å². The van der Waals surface area contributed by atoms with Crippen LogP contribution in [0.15, 0.2) is 53.1 Å². The molecule has 10 heteroatoms. The first-order chi connectivity index (χ1) is 16.9. The van der Waals surface area contributed by atoms with Gasteiger partial charge < -0.3 is 29.0 Å². The van der Waals surface area contributed by atoms with E-state index in [0.29, 0.717) is 22.9 Å². The summed E-state index contributed by atoms with van der Waals surface area (Å²) < 4.78 is 21.9. The minimum Gasteiger partial charge on any atom is -0.489 e. The van der Waals surface area contributed by atoms with E-state index in [9.17, 15) is 14.4 Å². The molecule has 2 amide bonds. The van der Waals surface area contributed by atoms with Gasteiger partial charge in [-0.1, -0.05) is 23.4 Å². The molecule has 182 valence electrons. The number of carbonyl (C=O) groups excluding carboxylic acids is 3. The van der Waals surface area contributed by atoms with Crippen molar-refractivity contribution < 1.29 is 33.1 Å². The summed E-state index contributed by atoms with van der Waals surface area (Å²) in [6.07, 6.45) is -0.874. The molecule has 3 aromatic rings. The van der Waals surface area contributed by atoms with Crippen molar-refractivity contribution in [3.05, 3.63) is 71.1 Å². The lowest BCUT2D eigenvalue weighted by Crippen LogP contribution is -2.51. The zero-order valence-electron chi connectivity index (χ0n) is 19.6. The van der Waals surface area contributed by atoms with E-state index in [1.807, 2.05) is 6.92 Å². The molecule has 2 heterocycles. The van der Waals surface area contributed by atoms with Crippen LogP contribution in [0.3, 0.4) is 0 Å². The molecule has 1 aliphatic heterocycles. The van der Waals surface area contributed by atoms with Crippen LogP contribution >= 0.6 is 0 Å². The van der Waals surface area contributed by atoms with Crippen LogP contribution < -0.4 is 19.7 Å². The third kappa shape index (κ3) is 5.26. The van der Waals surface area contributed by atoms with Crippen molar-refractivity contribution in [3.8, 4) is 11.5 Å². The predicted octanol–water partition coefficient (Wildman–Crippen LogP) is 2.57.